The van der Waals surface area contributed by atoms with Crippen LogP contribution in [0.2, 0.25) is 5.02 Å². The molecule has 4 rings (SSSR count). The van der Waals surface area contributed by atoms with Crippen molar-refractivity contribution in [2.45, 2.75) is 37.8 Å². The fourth-order valence-electron chi connectivity index (χ4n) is 3.72. The normalized spacial score (nSPS) is 19.0. The molecule has 25 heavy (non-hydrogen) atoms. The number of halogens is 1. The Morgan fingerprint density at radius 1 is 1.36 bits per heavy atom. The molecule has 2 N–H and O–H groups in total. The highest BCUT2D eigenvalue weighted by atomic mass is 35.5. The molecule has 3 heterocycles. The van der Waals surface area contributed by atoms with Gasteiger partial charge in [0, 0.05) is 6.20 Å². The van der Waals surface area contributed by atoms with Gasteiger partial charge in [-0.2, -0.15) is 4.40 Å². The topological polar surface area (TPSA) is 84.2 Å². The fourth-order valence-corrected chi connectivity index (χ4v) is 4.20. The molecule has 2 aromatic rings. The fraction of sp³-hybridized carbons (Fsp3) is 0.375. The standard InChI is InChI=1S/C16H17ClN6OS/c17-10-8-11(20-12-4-7-18-9-19-12)14(22-25)23-13(10)15(24)21-16(23)5-2-1-3-6-16/h4,7-9,25H,1-3,5-6H2,(H,21,24)(H,18,19,20). The third-order valence-electron chi connectivity index (χ3n) is 4.78. The van der Waals surface area contributed by atoms with Crippen LogP contribution < -0.4 is 16.1 Å². The van der Waals surface area contributed by atoms with E-state index in [1.807, 2.05) is 4.57 Å². The van der Waals surface area contributed by atoms with Crippen LogP contribution in [0, 0.1) is 0 Å². The number of nitrogens with one attached hydrogen (secondary N) is 2. The van der Waals surface area contributed by atoms with Crippen LogP contribution in [0.5, 0.6) is 0 Å². The van der Waals surface area contributed by atoms with Gasteiger partial charge in [0.25, 0.3) is 5.91 Å². The van der Waals surface area contributed by atoms with Crippen LogP contribution in [-0.2, 0) is 5.66 Å². The Labute approximate surface area is 155 Å². The summed E-state index contributed by atoms with van der Waals surface area (Å²) in [5.41, 5.74) is 1.15. The number of rotatable bonds is 2. The second-order valence-electron chi connectivity index (χ2n) is 6.28. The van der Waals surface area contributed by atoms with Crippen LogP contribution in [0.4, 0.5) is 11.5 Å². The number of carbonyl (C=O) groups excluding carboxylic acids is 1. The summed E-state index contributed by atoms with van der Waals surface area (Å²) in [5.74, 6) is 0.443. The predicted octanol–water partition coefficient (Wildman–Crippen LogP) is 2.78. The molecule has 0 atom stereocenters. The number of aromatic nitrogens is 3. The lowest BCUT2D eigenvalue weighted by Gasteiger charge is -2.36. The highest BCUT2D eigenvalue weighted by molar-refractivity contribution is 7.78. The Morgan fingerprint density at radius 2 is 2.16 bits per heavy atom. The lowest BCUT2D eigenvalue weighted by atomic mass is 9.89. The molecule has 1 aliphatic heterocycles. The van der Waals surface area contributed by atoms with Crippen molar-refractivity contribution in [2.24, 2.45) is 4.40 Å². The molecular weight excluding hydrogens is 360 g/mol. The quantitative estimate of drug-likeness (QED) is 0.704. The molecule has 2 aliphatic rings. The maximum absolute atomic E-state index is 12.6. The lowest BCUT2D eigenvalue weighted by molar-refractivity contribution is 0.0876. The molecule has 0 saturated heterocycles. The van der Waals surface area contributed by atoms with Crippen LogP contribution in [0.3, 0.4) is 0 Å². The number of amides is 1. The maximum Gasteiger partial charge on any atom is 0.271 e. The zero-order valence-corrected chi connectivity index (χ0v) is 15.0. The van der Waals surface area contributed by atoms with Gasteiger partial charge in [-0.15, -0.1) is 0 Å². The van der Waals surface area contributed by atoms with E-state index in [9.17, 15) is 4.79 Å². The van der Waals surface area contributed by atoms with E-state index in [1.165, 1.54) is 6.33 Å². The molecule has 130 valence electrons. The Bertz CT molecular complexity index is 891. The van der Waals surface area contributed by atoms with Crippen LogP contribution in [0.15, 0.2) is 29.1 Å². The summed E-state index contributed by atoms with van der Waals surface area (Å²) in [6, 6.07) is 3.43. The van der Waals surface area contributed by atoms with Crippen LogP contribution in [0.1, 0.15) is 42.6 Å². The number of anilines is 2. The van der Waals surface area contributed by atoms with Crippen molar-refractivity contribution in [1.82, 2.24) is 19.9 Å². The monoisotopic (exact) mass is 376 g/mol. The SMILES string of the molecule is O=C1NC2(CCCCC2)n2c1c(Cl)cc(Nc1ccncn1)c2=NS. The minimum Gasteiger partial charge on any atom is -0.337 e. The molecule has 0 unspecified atom stereocenters. The van der Waals surface area contributed by atoms with Crippen molar-refractivity contribution in [3.63, 3.8) is 0 Å². The number of thiol groups is 1. The highest BCUT2D eigenvalue weighted by Gasteiger charge is 2.45. The molecule has 0 aromatic carbocycles. The smallest absolute Gasteiger partial charge is 0.271 e. The van der Waals surface area contributed by atoms with Gasteiger partial charge in [0.1, 0.15) is 23.5 Å². The van der Waals surface area contributed by atoms with Crippen molar-refractivity contribution in [2.75, 3.05) is 5.32 Å². The summed E-state index contributed by atoms with van der Waals surface area (Å²) in [6.07, 6.45) is 8.03. The van der Waals surface area contributed by atoms with E-state index in [0.717, 1.165) is 32.1 Å². The first-order valence-corrected chi connectivity index (χ1v) is 8.92. The van der Waals surface area contributed by atoms with E-state index in [0.29, 0.717) is 27.7 Å². The van der Waals surface area contributed by atoms with Gasteiger partial charge in [0.05, 0.1) is 10.7 Å². The summed E-state index contributed by atoms with van der Waals surface area (Å²) < 4.78 is 6.07. The molecule has 1 aliphatic carbocycles. The van der Waals surface area contributed by atoms with Gasteiger partial charge in [-0.05, 0) is 50.6 Å². The van der Waals surface area contributed by atoms with Crippen molar-refractivity contribution in [1.29, 1.82) is 0 Å². The number of fused-ring (bicyclic) bond motifs is 2. The summed E-state index contributed by atoms with van der Waals surface area (Å²) in [6.45, 7) is 0. The molecule has 0 radical (unpaired) electrons. The third kappa shape index (κ3) is 2.69. The lowest BCUT2D eigenvalue weighted by Crippen LogP contribution is -2.49. The van der Waals surface area contributed by atoms with Crippen molar-refractivity contribution < 1.29 is 4.79 Å². The average Bonchev–Trinajstić information content (AvgIpc) is 2.89. The molecule has 1 saturated carbocycles. The van der Waals surface area contributed by atoms with Gasteiger partial charge in [0.2, 0.25) is 0 Å². The van der Waals surface area contributed by atoms with E-state index < -0.39 is 5.66 Å². The zero-order valence-electron chi connectivity index (χ0n) is 13.4. The second-order valence-corrected chi connectivity index (χ2v) is 6.89. The highest BCUT2D eigenvalue weighted by Crippen LogP contribution is 2.38. The first kappa shape index (κ1) is 16.4. The molecule has 1 amide bonds. The largest absolute Gasteiger partial charge is 0.337 e. The minimum absolute atomic E-state index is 0.168. The first-order valence-electron chi connectivity index (χ1n) is 8.14. The van der Waals surface area contributed by atoms with Gasteiger partial charge in [0.15, 0.2) is 5.49 Å². The Balaban J connectivity index is 1.91. The van der Waals surface area contributed by atoms with Crippen molar-refractivity contribution in [3.8, 4) is 0 Å². The average molecular weight is 377 g/mol. The second kappa shape index (κ2) is 6.34. The third-order valence-corrected chi connectivity index (χ3v) is 5.26. The number of hydrogen-bond acceptors (Lipinski definition) is 6. The van der Waals surface area contributed by atoms with Gasteiger partial charge in [-0.3, -0.25) is 9.36 Å². The van der Waals surface area contributed by atoms with Gasteiger partial charge < -0.3 is 10.6 Å². The van der Waals surface area contributed by atoms with E-state index in [1.54, 1.807) is 18.3 Å². The molecule has 0 bridgehead atoms. The van der Waals surface area contributed by atoms with E-state index in [4.69, 9.17) is 11.6 Å². The maximum atomic E-state index is 12.6. The van der Waals surface area contributed by atoms with Gasteiger partial charge in [-0.25, -0.2) is 9.97 Å². The van der Waals surface area contributed by atoms with Crippen LogP contribution in [-0.4, -0.2) is 20.4 Å². The molecule has 1 spiro atoms. The van der Waals surface area contributed by atoms with E-state index in [-0.39, 0.29) is 5.91 Å². The first-order chi connectivity index (χ1) is 12.1. The molecule has 2 aromatic heterocycles. The summed E-state index contributed by atoms with van der Waals surface area (Å²) in [7, 11) is 0. The molecule has 9 heteroatoms. The Morgan fingerprint density at radius 3 is 2.84 bits per heavy atom. The number of nitrogens with zero attached hydrogens (tertiary/aromatic N) is 4. The van der Waals surface area contributed by atoms with E-state index >= 15 is 0 Å². The zero-order chi connectivity index (χ0) is 17.4. The minimum atomic E-state index is -0.487. The van der Waals surface area contributed by atoms with Crippen molar-refractivity contribution in [3.05, 3.63) is 40.9 Å². The number of pyridine rings is 1. The number of hydrogen-bond donors (Lipinski definition) is 3. The van der Waals surface area contributed by atoms with Gasteiger partial charge >= 0.3 is 0 Å². The van der Waals surface area contributed by atoms with Gasteiger partial charge in [-0.1, -0.05) is 18.0 Å². The summed E-state index contributed by atoms with van der Waals surface area (Å²) >= 11 is 10.6. The molecular formula is C16H17ClN6OS. The Hall–Kier alpha value is -2.06. The summed E-state index contributed by atoms with van der Waals surface area (Å²) in [4.78, 5) is 20.6. The molecule has 7 nitrogen and oxygen atoms in total. The summed E-state index contributed by atoms with van der Waals surface area (Å²) in [5, 5.41) is 6.70. The van der Waals surface area contributed by atoms with Crippen LogP contribution in [0.25, 0.3) is 0 Å². The molecule has 1 fully saturated rings. The van der Waals surface area contributed by atoms with E-state index in [2.05, 4.69) is 37.8 Å². The number of carbonyl (C=O) groups is 1. The van der Waals surface area contributed by atoms with Crippen molar-refractivity contribution >= 4 is 41.8 Å². The van der Waals surface area contributed by atoms with Crippen LogP contribution >= 0.6 is 24.4 Å². The Kier molecular flexibility index (Phi) is 4.16. The predicted molar refractivity (Wildman–Crippen MR) is 97.8 cm³/mol.